The molecule has 3 rings (SSSR count). The zero-order chi connectivity index (χ0) is 14.9. The predicted octanol–water partition coefficient (Wildman–Crippen LogP) is 3.20. The minimum atomic E-state index is -0.352. The van der Waals surface area contributed by atoms with Crippen LogP contribution in [0.2, 0.25) is 0 Å². The van der Waals surface area contributed by atoms with E-state index < -0.39 is 0 Å². The smallest absolute Gasteiger partial charge is 0.314 e. The first-order chi connectivity index (χ1) is 10.1. The van der Waals surface area contributed by atoms with Crippen molar-refractivity contribution in [3.8, 4) is 0 Å². The van der Waals surface area contributed by atoms with Crippen molar-refractivity contribution < 1.29 is 9.66 Å². The van der Waals surface area contributed by atoms with Gasteiger partial charge in [-0.2, -0.15) is 0 Å². The van der Waals surface area contributed by atoms with Gasteiger partial charge in [-0.1, -0.05) is 12.8 Å². The van der Waals surface area contributed by atoms with Crippen molar-refractivity contribution in [2.24, 2.45) is 0 Å². The first-order valence-corrected chi connectivity index (χ1v) is 7.60. The van der Waals surface area contributed by atoms with Crippen LogP contribution in [0.4, 0.5) is 11.5 Å². The van der Waals surface area contributed by atoms with Gasteiger partial charge in [0.2, 0.25) is 5.82 Å². The van der Waals surface area contributed by atoms with Crippen LogP contribution in [0.25, 0.3) is 0 Å². The fraction of sp³-hybridized carbons (Fsp3) is 0.667. The summed E-state index contributed by atoms with van der Waals surface area (Å²) in [6, 6.07) is 1.87. The van der Waals surface area contributed by atoms with E-state index in [-0.39, 0.29) is 22.3 Å². The minimum Gasteiger partial charge on any atom is -0.375 e. The van der Waals surface area contributed by atoms with E-state index in [0.29, 0.717) is 11.4 Å². The number of nitrogens with zero attached hydrogens (tertiary/aromatic N) is 2. The van der Waals surface area contributed by atoms with Crippen molar-refractivity contribution in [2.75, 3.05) is 11.9 Å². The third-order valence-electron chi connectivity index (χ3n) is 4.66. The molecule has 1 saturated heterocycles. The molecular formula is C15H21N3O3. The van der Waals surface area contributed by atoms with Gasteiger partial charge in [-0.25, -0.2) is 4.98 Å². The fourth-order valence-corrected chi connectivity index (χ4v) is 3.60. The van der Waals surface area contributed by atoms with Gasteiger partial charge >= 0.3 is 5.69 Å². The highest BCUT2D eigenvalue weighted by atomic mass is 16.6. The van der Waals surface area contributed by atoms with E-state index in [9.17, 15) is 10.1 Å². The van der Waals surface area contributed by atoms with E-state index in [1.807, 2.05) is 0 Å². The summed E-state index contributed by atoms with van der Waals surface area (Å²) in [4.78, 5) is 15.1. The molecule has 2 heterocycles. The Kier molecular flexibility index (Phi) is 3.80. The van der Waals surface area contributed by atoms with Crippen molar-refractivity contribution >= 4 is 11.5 Å². The summed E-state index contributed by atoms with van der Waals surface area (Å²) in [7, 11) is 0. The van der Waals surface area contributed by atoms with Crippen LogP contribution in [0.15, 0.2) is 12.3 Å². The lowest BCUT2D eigenvalue weighted by Crippen LogP contribution is -2.42. The Morgan fingerprint density at radius 1 is 1.48 bits per heavy atom. The number of nitrogens with one attached hydrogen (secondary N) is 1. The molecule has 0 amide bonds. The molecule has 114 valence electrons. The maximum absolute atomic E-state index is 11.2. The maximum atomic E-state index is 11.2. The monoisotopic (exact) mass is 291 g/mol. The van der Waals surface area contributed by atoms with Gasteiger partial charge in [-0.3, -0.25) is 10.1 Å². The molecule has 1 aromatic heterocycles. The molecule has 1 aromatic rings. The van der Waals surface area contributed by atoms with E-state index in [2.05, 4.69) is 10.3 Å². The van der Waals surface area contributed by atoms with Crippen LogP contribution in [0, 0.1) is 17.0 Å². The molecule has 0 radical (unpaired) electrons. The van der Waals surface area contributed by atoms with Gasteiger partial charge in [0, 0.05) is 24.4 Å². The number of pyridine rings is 1. The number of ether oxygens (including phenoxy) is 1. The highest BCUT2D eigenvalue weighted by molar-refractivity contribution is 5.60. The van der Waals surface area contributed by atoms with Crippen molar-refractivity contribution in [1.29, 1.82) is 0 Å². The molecule has 1 unspecified atom stereocenters. The Hall–Kier alpha value is -1.69. The third kappa shape index (κ3) is 2.85. The molecule has 0 bridgehead atoms. The molecule has 1 saturated carbocycles. The topological polar surface area (TPSA) is 77.3 Å². The molecular weight excluding hydrogens is 270 g/mol. The first-order valence-electron chi connectivity index (χ1n) is 7.60. The minimum absolute atomic E-state index is 0.00544. The highest BCUT2D eigenvalue weighted by Crippen LogP contribution is 2.41. The second kappa shape index (κ2) is 5.60. The number of hydrogen-bond donors (Lipinski definition) is 1. The molecule has 1 N–H and O–H groups in total. The first kappa shape index (κ1) is 14.3. The summed E-state index contributed by atoms with van der Waals surface area (Å²) in [6.07, 6.45) is 8.05. The summed E-state index contributed by atoms with van der Waals surface area (Å²) in [5.74, 6) is 0.389. The molecule has 6 nitrogen and oxygen atoms in total. The molecule has 2 fully saturated rings. The van der Waals surface area contributed by atoms with Gasteiger partial charge in [0.15, 0.2) is 0 Å². The zero-order valence-corrected chi connectivity index (χ0v) is 12.3. The highest BCUT2D eigenvalue weighted by Gasteiger charge is 2.40. The fourth-order valence-electron chi connectivity index (χ4n) is 3.60. The van der Waals surface area contributed by atoms with Crippen LogP contribution in [-0.2, 0) is 4.74 Å². The Balaban J connectivity index is 1.77. The van der Waals surface area contributed by atoms with E-state index in [1.54, 1.807) is 19.2 Å². The van der Waals surface area contributed by atoms with E-state index in [4.69, 9.17) is 4.74 Å². The van der Waals surface area contributed by atoms with Gasteiger partial charge in [-0.05, 0) is 38.7 Å². The largest absolute Gasteiger partial charge is 0.375 e. The summed E-state index contributed by atoms with van der Waals surface area (Å²) in [5, 5.41) is 14.5. The molecule has 2 aliphatic rings. The lowest BCUT2D eigenvalue weighted by Gasteiger charge is -2.38. The van der Waals surface area contributed by atoms with Gasteiger partial charge in [0.1, 0.15) is 0 Å². The average molecular weight is 291 g/mol. The van der Waals surface area contributed by atoms with Crippen molar-refractivity contribution in [3.05, 3.63) is 27.9 Å². The molecule has 1 spiro atoms. The van der Waals surface area contributed by atoms with Crippen molar-refractivity contribution in [2.45, 2.75) is 57.1 Å². The summed E-state index contributed by atoms with van der Waals surface area (Å²) in [5.41, 5.74) is 0.721. The van der Waals surface area contributed by atoms with Crippen LogP contribution < -0.4 is 5.32 Å². The molecule has 6 heteroatoms. The SMILES string of the molecule is Cc1ccnc(NC2CCOC3(CCCC3)C2)c1[N+](=O)[O-]. The van der Waals surface area contributed by atoms with Crippen LogP contribution in [0.5, 0.6) is 0 Å². The van der Waals surface area contributed by atoms with Gasteiger partial charge in [0.05, 0.1) is 10.5 Å². The number of anilines is 1. The van der Waals surface area contributed by atoms with Crippen LogP contribution in [0.1, 0.15) is 44.1 Å². The van der Waals surface area contributed by atoms with E-state index >= 15 is 0 Å². The van der Waals surface area contributed by atoms with E-state index in [1.165, 1.54) is 12.8 Å². The summed E-state index contributed by atoms with van der Waals surface area (Å²) >= 11 is 0. The molecule has 1 atom stereocenters. The Bertz CT molecular complexity index is 541. The normalized spacial score (nSPS) is 24.1. The second-order valence-electron chi connectivity index (χ2n) is 6.15. The van der Waals surface area contributed by atoms with Crippen LogP contribution in [-0.4, -0.2) is 28.2 Å². The predicted molar refractivity (Wildman–Crippen MR) is 79.4 cm³/mol. The second-order valence-corrected chi connectivity index (χ2v) is 6.15. The molecule has 0 aromatic carbocycles. The lowest BCUT2D eigenvalue weighted by atomic mass is 9.89. The van der Waals surface area contributed by atoms with E-state index in [0.717, 1.165) is 32.3 Å². The summed E-state index contributed by atoms with van der Waals surface area (Å²) < 4.78 is 6.00. The van der Waals surface area contributed by atoms with Gasteiger partial charge < -0.3 is 10.1 Å². The standard InChI is InChI=1S/C15H21N3O3/c1-11-4-8-16-14(13(11)18(19)20)17-12-5-9-21-15(10-12)6-2-3-7-15/h4,8,12H,2-3,5-7,9-10H2,1H3,(H,16,17). The number of nitro groups is 1. The average Bonchev–Trinajstić information content (AvgIpc) is 2.86. The van der Waals surface area contributed by atoms with Crippen molar-refractivity contribution in [1.82, 2.24) is 4.98 Å². The Morgan fingerprint density at radius 2 is 2.24 bits per heavy atom. The van der Waals surface area contributed by atoms with Crippen molar-refractivity contribution in [3.63, 3.8) is 0 Å². The Morgan fingerprint density at radius 3 is 2.95 bits per heavy atom. The number of aryl methyl sites for hydroxylation is 1. The lowest BCUT2D eigenvalue weighted by molar-refractivity contribution is -0.384. The zero-order valence-electron chi connectivity index (χ0n) is 12.3. The quantitative estimate of drug-likeness (QED) is 0.683. The number of aromatic nitrogens is 1. The Labute approximate surface area is 124 Å². The van der Waals surface area contributed by atoms with Gasteiger partial charge in [0.25, 0.3) is 0 Å². The summed E-state index contributed by atoms with van der Waals surface area (Å²) in [6.45, 7) is 2.46. The molecule has 1 aliphatic carbocycles. The molecule has 21 heavy (non-hydrogen) atoms. The molecule has 1 aliphatic heterocycles. The number of rotatable bonds is 3. The maximum Gasteiger partial charge on any atom is 0.314 e. The van der Waals surface area contributed by atoms with Crippen LogP contribution >= 0.6 is 0 Å². The van der Waals surface area contributed by atoms with Gasteiger partial charge in [-0.15, -0.1) is 0 Å². The number of hydrogen-bond acceptors (Lipinski definition) is 5. The third-order valence-corrected chi connectivity index (χ3v) is 4.66. The van der Waals surface area contributed by atoms with Crippen LogP contribution in [0.3, 0.4) is 0 Å².